The van der Waals surface area contributed by atoms with Crippen molar-refractivity contribution in [3.05, 3.63) is 34.2 Å². The summed E-state index contributed by atoms with van der Waals surface area (Å²) in [6, 6.07) is 4.02. The maximum atomic E-state index is 5.49. The molecule has 2 rings (SSSR count). The van der Waals surface area contributed by atoms with Crippen LogP contribution in [0.5, 0.6) is 0 Å². The number of hydrogen-bond donors (Lipinski definition) is 2. The van der Waals surface area contributed by atoms with E-state index in [1.54, 1.807) is 11.3 Å². The molecule has 0 unspecified atom stereocenters. The summed E-state index contributed by atoms with van der Waals surface area (Å²) in [4.78, 5) is 0. The van der Waals surface area contributed by atoms with Gasteiger partial charge < -0.3 is 5.73 Å². The van der Waals surface area contributed by atoms with Crippen molar-refractivity contribution >= 4 is 17.2 Å². The molecule has 2 heterocycles. The van der Waals surface area contributed by atoms with Gasteiger partial charge in [0.25, 0.3) is 0 Å². The van der Waals surface area contributed by atoms with E-state index >= 15 is 0 Å². The van der Waals surface area contributed by atoms with E-state index in [9.17, 15) is 0 Å². The summed E-state index contributed by atoms with van der Waals surface area (Å²) in [6.45, 7) is 0. The van der Waals surface area contributed by atoms with Crippen LogP contribution in [0.1, 0.15) is 11.3 Å². The van der Waals surface area contributed by atoms with Crippen LogP contribution >= 0.6 is 11.3 Å². The third kappa shape index (κ3) is 2.09. The van der Waals surface area contributed by atoms with E-state index in [0.29, 0.717) is 5.82 Å². The highest BCUT2D eigenvalue weighted by molar-refractivity contribution is 7.07. The molecule has 0 aliphatic heterocycles. The zero-order chi connectivity index (χ0) is 9.10. The average Bonchev–Trinajstić information content (AvgIpc) is 2.71. The fourth-order valence-electron chi connectivity index (χ4n) is 1.22. The maximum absolute atomic E-state index is 5.49. The zero-order valence-corrected chi connectivity index (χ0v) is 7.97. The van der Waals surface area contributed by atoms with E-state index in [1.807, 2.05) is 6.07 Å². The fourth-order valence-corrected chi connectivity index (χ4v) is 1.92. The lowest BCUT2D eigenvalue weighted by atomic mass is 10.1. The molecular weight excluding hydrogens is 182 g/mol. The Kier molecular flexibility index (Phi) is 2.31. The molecule has 13 heavy (non-hydrogen) atoms. The number of hydrogen-bond acceptors (Lipinski definition) is 3. The summed E-state index contributed by atoms with van der Waals surface area (Å²) < 4.78 is 0. The number of aromatic amines is 1. The molecule has 2 aromatic heterocycles. The molecule has 4 heteroatoms. The summed E-state index contributed by atoms with van der Waals surface area (Å²) in [5, 5.41) is 11.0. The summed E-state index contributed by atoms with van der Waals surface area (Å²) in [5.74, 6) is 0.570. The quantitative estimate of drug-likeness (QED) is 0.781. The van der Waals surface area contributed by atoms with Crippen LogP contribution < -0.4 is 5.73 Å². The van der Waals surface area contributed by atoms with Gasteiger partial charge in [-0.1, -0.05) is 0 Å². The van der Waals surface area contributed by atoms with Gasteiger partial charge in [-0.3, -0.25) is 5.10 Å². The summed E-state index contributed by atoms with van der Waals surface area (Å²) in [7, 11) is 0. The minimum Gasteiger partial charge on any atom is -0.382 e. The molecule has 0 amide bonds. The molecule has 0 saturated carbocycles. The Bertz CT molecular complexity index is 364. The Balaban J connectivity index is 1.93. The third-order valence-corrected chi connectivity index (χ3v) is 2.65. The number of aromatic nitrogens is 2. The Morgan fingerprint density at radius 3 is 3.00 bits per heavy atom. The number of nitrogen functional groups attached to an aromatic ring is 1. The van der Waals surface area contributed by atoms with Gasteiger partial charge in [-0.25, -0.2) is 0 Å². The number of nitrogens with one attached hydrogen (secondary N) is 1. The normalized spacial score (nSPS) is 10.5. The predicted octanol–water partition coefficient (Wildman–Crippen LogP) is 1.84. The van der Waals surface area contributed by atoms with Crippen molar-refractivity contribution in [2.45, 2.75) is 12.8 Å². The molecule has 0 spiro atoms. The number of rotatable bonds is 3. The van der Waals surface area contributed by atoms with Gasteiger partial charge in [-0.2, -0.15) is 16.4 Å². The minimum absolute atomic E-state index is 0.570. The molecule has 0 saturated heterocycles. The Morgan fingerprint density at radius 2 is 2.38 bits per heavy atom. The van der Waals surface area contributed by atoms with E-state index in [4.69, 9.17) is 5.73 Å². The van der Waals surface area contributed by atoms with Gasteiger partial charge in [-0.15, -0.1) is 0 Å². The van der Waals surface area contributed by atoms with Crippen molar-refractivity contribution in [1.82, 2.24) is 10.2 Å². The lowest BCUT2D eigenvalue weighted by molar-refractivity contribution is 0.896. The van der Waals surface area contributed by atoms with Crippen LogP contribution in [0.4, 0.5) is 5.82 Å². The van der Waals surface area contributed by atoms with Gasteiger partial charge in [0, 0.05) is 11.8 Å². The van der Waals surface area contributed by atoms with Gasteiger partial charge >= 0.3 is 0 Å². The van der Waals surface area contributed by atoms with Crippen molar-refractivity contribution in [2.24, 2.45) is 0 Å². The first-order chi connectivity index (χ1) is 6.34. The Morgan fingerprint density at radius 1 is 1.46 bits per heavy atom. The third-order valence-electron chi connectivity index (χ3n) is 1.91. The van der Waals surface area contributed by atoms with Crippen molar-refractivity contribution in [3.63, 3.8) is 0 Å². The summed E-state index contributed by atoms with van der Waals surface area (Å²) >= 11 is 1.73. The maximum Gasteiger partial charge on any atom is 0.145 e. The van der Waals surface area contributed by atoms with Gasteiger partial charge in [0.15, 0.2) is 0 Å². The van der Waals surface area contributed by atoms with E-state index in [2.05, 4.69) is 27.0 Å². The summed E-state index contributed by atoms with van der Waals surface area (Å²) in [6.07, 6.45) is 2.02. The van der Waals surface area contributed by atoms with Crippen LogP contribution in [0.15, 0.2) is 22.9 Å². The van der Waals surface area contributed by atoms with Crippen LogP contribution in [0.25, 0.3) is 0 Å². The second kappa shape index (κ2) is 3.62. The Labute approximate surface area is 80.6 Å². The van der Waals surface area contributed by atoms with Crippen LogP contribution in [-0.2, 0) is 12.8 Å². The van der Waals surface area contributed by atoms with Crippen molar-refractivity contribution in [1.29, 1.82) is 0 Å². The highest BCUT2D eigenvalue weighted by Gasteiger charge is 1.98. The van der Waals surface area contributed by atoms with E-state index in [-0.39, 0.29) is 0 Å². The second-order valence-corrected chi connectivity index (χ2v) is 3.73. The van der Waals surface area contributed by atoms with Crippen LogP contribution in [-0.4, -0.2) is 10.2 Å². The van der Waals surface area contributed by atoms with Crippen molar-refractivity contribution < 1.29 is 0 Å². The van der Waals surface area contributed by atoms with Crippen LogP contribution in [0.3, 0.4) is 0 Å². The molecule has 0 radical (unpaired) electrons. The molecular formula is C9H11N3S. The van der Waals surface area contributed by atoms with Crippen molar-refractivity contribution in [2.75, 3.05) is 5.73 Å². The van der Waals surface area contributed by atoms with Crippen LogP contribution in [0.2, 0.25) is 0 Å². The SMILES string of the molecule is Nc1cc(CCc2ccsc2)[nH]n1. The second-order valence-electron chi connectivity index (χ2n) is 2.95. The molecule has 0 fully saturated rings. The fraction of sp³-hybridized carbons (Fsp3) is 0.222. The van der Waals surface area contributed by atoms with Gasteiger partial charge in [-0.05, 0) is 35.2 Å². The Hall–Kier alpha value is -1.29. The predicted molar refractivity (Wildman–Crippen MR) is 54.7 cm³/mol. The smallest absolute Gasteiger partial charge is 0.145 e. The molecule has 0 aliphatic carbocycles. The van der Waals surface area contributed by atoms with E-state index in [0.717, 1.165) is 18.5 Å². The number of anilines is 1. The first-order valence-corrected chi connectivity index (χ1v) is 5.10. The van der Waals surface area contributed by atoms with Crippen LogP contribution in [0, 0.1) is 0 Å². The van der Waals surface area contributed by atoms with E-state index < -0.39 is 0 Å². The van der Waals surface area contributed by atoms with E-state index in [1.165, 1.54) is 5.56 Å². The van der Waals surface area contributed by atoms with Gasteiger partial charge in [0.1, 0.15) is 5.82 Å². The first-order valence-electron chi connectivity index (χ1n) is 4.15. The van der Waals surface area contributed by atoms with Gasteiger partial charge in [0.05, 0.1) is 0 Å². The number of H-pyrrole nitrogens is 1. The zero-order valence-electron chi connectivity index (χ0n) is 7.16. The molecule has 3 nitrogen and oxygen atoms in total. The highest BCUT2D eigenvalue weighted by Crippen LogP contribution is 2.10. The first kappa shape index (κ1) is 8.31. The number of thiophene rings is 1. The molecule has 3 N–H and O–H groups in total. The molecule has 2 aromatic rings. The molecule has 68 valence electrons. The number of nitrogens with zero attached hydrogens (tertiary/aromatic N) is 1. The minimum atomic E-state index is 0.570. The molecule has 0 bridgehead atoms. The lowest BCUT2D eigenvalue weighted by Gasteiger charge is -1.93. The molecule has 0 aromatic carbocycles. The highest BCUT2D eigenvalue weighted by atomic mass is 32.1. The molecule has 0 aliphatic rings. The standard InChI is InChI=1S/C9H11N3S/c10-9-5-8(11-12-9)2-1-7-3-4-13-6-7/h3-6H,1-2H2,(H3,10,11,12). The molecule has 0 atom stereocenters. The summed E-state index contributed by atoms with van der Waals surface area (Å²) in [5.41, 5.74) is 7.96. The van der Waals surface area contributed by atoms with Crippen molar-refractivity contribution in [3.8, 4) is 0 Å². The van der Waals surface area contributed by atoms with Gasteiger partial charge in [0.2, 0.25) is 0 Å². The monoisotopic (exact) mass is 193 g/mol. The largest absolute Gasteiger partial charge is 0.382 e. The topological polar surface area (TPSA) is 54.7 Å². The number of aryl methyl sites for hydroxylation is 2. The number of nitrogens with two attached hydrogens (primary N) is 1. The lowest BCUT2D eigenvalue weighted by Crippen LogP contribution is -1.89. The average molecular weight is 193 g/mol.